The zero-order valence-electron chi connectivity index (χ0n) is 7.25. The van der Waals surface area contributed by atoms with E-state index >= 15 is 0 Å². The Morgan fingerprint density at radius 2 is 2.29 bits per heavy atom. The predicted octanol–water partition coefficient (Wildman–Crippen LogP) is 1.29. The van der Waals surface area contributed by atoms with Crippen molar-refractivity contribution in [3.63, 3.8) is 0 Å². The van der Waals surface area contributed by atoms with Gasteiger partial charge in [-0.25, -0.2) is 4.68 Å². The summed E-state index contributed by atoms with van der Waals surface area (Å²) in [4.78, 5) is 4.60. The highest BCUT2D eigenvalue weighted by molar-refractivity contribution is 7.06. The summed E-state index contributed by atoms with van der Waals surface area (Å²) >= 11 is 1.31. The normalized spacial score (nSPS) is 9.43. The van der Waals surface area contributed by atoms with Crippen molar-refractivity contribution in [1.29, 1.82) is 5.41 Å². The number of nitrogens with one attached hydrogen (secondary N) is 1. The standard InChI is InChI=1S/C8H8N4S.ClH/c9-8-12(11-6-13-8)5-7-3-1-2-4-10-7;/h1-4,6,9H,5H2;1H. The molecule has 0 aliphatic rings. The minimum atomic E-state index is 0. The summed E-state index contributed by atoms with van der Waals surface area (Å²) < 4.78 is 1.62. The molecule has 74 valence electrons. The van der Waals surface area contributed by atoms with E-state index in [1.165, 1.54) is 11.3 Å². The van der Waals surface area contributed by atoms with Crippen molar-refractivity contribution in [1.82, 2.24) is 14.8 Å². The van der Waals surface area contributed by atoms with Crippen LogP contribution in [0.1, 0.15) is 5.69 Å². The quantitative estimate of drug-likeness (QED) is 0.842. The van der Waals surface area contributed by atoms with Crippen LogP contribution in [0.25, 0.3) is 0 Å². The number of halogens is 1. The number of pyridine rings is 1. The first-order valence-electron chi connectivity index (χ1n) is 3.81. The van der Waals surface area contributed by atoms with Crippen molar-refractivity contribution in [3.8, 4) is 0 Å². The number of nitrogens with zero attached hydrogens (tertiary/aromatic N) is 3. The van der Waals surface area contributed by atoms with Crippen LogP contribution < -0.4 is 4.80 Å². The van der Waals surface area contributed by atoms with Crippen molar-refractivity contribution in [2.45, 2.75) is 6.54 Å². The van der Waals surface area contributed by atoms with E-state index in [1.807, 2.05) is 18.2 Å². The molecule has 2 aromatic rings. The van der Waals surface area contributed by atoms with Gasteiger partial charge in [0.05, 0.1) is 12.2 Å². The minimum absolute atomic E-state index is 0. The molecule has 0 aliphatic heterocycles. The second-order valence-electron chi connectivity index (χ2n) is 2.52. The maximum atomic E-state index is 7.49. The molecule has 0 aromatic carbocycles. The lowest BCUT2D eigenvalue weighted by Crippen LogP contribution is -2.16. The van der Waals surface area contributed by atoms with Crippen molar-refractivity contribution < 1.29 is 0 Å². The SMILES string of the molecule is Cl.N=c1scnn1Cc1ccccn1. The van der Waals surface area contributed by atoms with Crippen molar-refractivity contribution in [2.75, 3.05) is 0 Å². The molecular weight excluding hydrogens is 220 g/mol. The molecule has 0 fully saturated rings. The topological polar surface area (TPSA) is 54.6 Å². The second kappa shape index (κ2) is 4.88. The molecular formula is C8H9ClN4S. The fourth-order valence-electron chi connectivity index (χ4n) is 1.00. The fourth-order valence-corrected chi connectivity index (χ4v) is 1.50. The molecule has 0 bridgehead atoms. The van der Waals surface area contributed by atoms with Crippen molar-refractivity contribution in [3.05, 3.63) is 40.4 Å². The Morgan fingerprint density at radius 3 is 2.86 bits per heavy atom. The van der Waals surface area contributed by atoms with Gasteiger partial charge in [-0.15, -0.1) is 12.4 Å². The van der Waals surface area contributed by atoms with Gasteiger partial charge < -0.3 is 0 Å². The van der Waals surface area contributed by atoms with E-state index in [2.05, 4.69) is 10.1 Å². The first-order chi connectivity index (χ1) is 6.36. The molecule has 0 saturated carbocycles. The second-order valence-corrected chi connectivity index (χ2v) is 3.36. The Bertz CT molecular complexity index is 436. The molecule has 6 heteroatoms. The van der Waals surface area contributed by atoms with Gasteiger partial charge in [0.2, 0.25) is 0 Å². The van der Waals surface area contributed by atoms with Crippen molar-refractivity contribution >= 4 is 23.7 Å². The third-order valence-electron chi connectivity index (χ3n) is 1.62. The lowest BCUT2D eigenvalue weighted by Gasteiger charge is -1.98. The third kappa shape index (κ3) is 2.40. The molecule has 0 unspecified atom stereocenters. The largest absolute Gasteiger partial charge is 0.274 e. The molecule has 14 heavy (non-hydrogen) atoms. The van der Waals surface area contributed by atoms with Crippen LogP contribution in [0.5, 0.6) is 0 Å². The summed E-state index contributed by atoms with van der Waals surface area (Å²) in [5.41, 5.74) is 2.58. The van der Waals surface area contributed by atoms with Crippen LogP contribution >= 0.6 is 23.7 Å². The van der Waals surface area contributed by atoms with Gasteiger partial charge in [-0.05, 0) is 12.1 Å². The Labute approximate surface area is 91.2 Å². The predicted molar refractivity (Wildman–Crippen MR) is 56.5 cm³/mol. The van der Waals surface area contributed by atoms with E-state index in [1.54, 1.807) is 16.4 Å². The number of rotatable bonds is 2. The molecule has 0 saturated heterocycles. The molecule has 0 radical (unpaired) electrons. The van der Waals surface area contributed by atoms with Gasteiger partial charge in [-0.1, -0.05) is 17.4 Å². The third-order valence-corrected chi connectivity index (χ3v) is 2.26. The van der Waals surface area contributed by atoms with Crippen LogP contribution in [0.3, 0.4) is 0 Å². The summed E-state index contributed by atoms with van der Waals surface area (Å²) in [7, 11) is 0. The highest BCUT2D eigenvalue weighted by atomic mass is 35.5. The molecule has 0 atom stereocenters. The van der Waals surface area contributed by atoms with Crippen LogP contribution in [-0.4, -0.2) is 14.8 Å². The maximum absolute atomic E-state index is 7.49. The monoisotopic (exact) mass is 228 g/mol. The Morgan fingerprint density at radius 1 is 1.43 bits per heavy atom. The fraction of sp³-hybridized carbons (Fsp3) is 0.125. The van der Waals surface area contributed by atoms with Gasteiger partial charge >= 0.3 is 0 Å². The zero-order valence-corrected chi connectivity index (χ0v) is 8.88. The Balaban J connectivity index is 0.000000980. The highest BCUT2D eigenvalue weighted by Crippen LogP contribution is 1.95. The van der Waals surface area contributed by atoms with E-state index in [-0.39, 0.29) is 12.4 Å². The van der Waals surface area contributed by atoms with E-state index in [4.69, 9.17) is 5.41 Å². The molecule has 1 N–H and O–H groups in total. The molecule has 4 nitrogen and oxygen atoms in total. The van der Waals surface area contributed by atoms with E-state index < -0.39 is 0 Å². The van der Waals surface area contributed by atoms with E-state index in [0.717, 1.165) is 5.69 Å². The lowest BCUT2D eigenvalue weighted by atomic mass is 10.3. The molecule has 2 rings (SSSR count). The van der Waals surface area contributed by atoms with Crippen LogP contribution in [0.4, 0.5) is 0 Å². The molecule has 0 spiro atoms. The van der Waals surface area contributed by atoms with Gasteiger partial charge in [0.15, 0.2) is 4.80 Å². The van der Waals surface area contributed by atoms with Gasteiger partial charge in [-0.3, -0.25) is 10.4 Å². The minimum Gasteiger partial charge on any atom is -0.274 e. The maximum Gasteiger partial charge on any atom is 0.200 e. The van der Waals surface area contributed by atoms with Gasteiger partial charge in [0.1, 0.15) is 5.51 Å². The smallest absolute Gasteiger partial charge is 0.200 e. The van der Waals surface area contributed by atoms with E-state index in [0.29, 0.717) is 11.3 Å². The molecule has 0 amide bonds. The van der Waals surface area contributed by atoms with E-state index in [9.17, 15) is 0 Å². The summed E-state index contributed by atoms with van der Waals surface area (Å²) in [5.74, 6) is 0. The molecule has 0 aliphatic carbocycles. The summed E-state index contributed by atoms with van der Waals surface area (Å²) in [6.45, 7) is 0.573. The first kappa shape index (κ1) is 10.9. The van der Waals surface area contributed by atoms with Crippen LogP contribution in [0, 0.1) is 5.41 Å². The first-order valence-corrected chi connectivity index (χ1v) is 4.69. The lowest BCUT2D eigenvalue weighted by molar-refractivity contribution is 0.637. The van der Waals surface area contributed by atoms with Crippen LogP contribution in [0.15, 0.2) is 29.9 Å². The zero-order chi connectivity index (χ0) is 9.10. The summed E-state index contributed by atoms with van der Waals surface area (Å²) in [6.07, 6.45) is 1.74. The van der Waals surface area contributed by atoms with Gasteiger partial charge in [0.25, 0.3) is 0 Å². The average Bonchev–Trinajstić information content (AvgIpc) is 2.54. The van der Waals surface area contributed by atoms with Gasteiger partial charge in [-0.2, -0.15) is 5.10 Å². The number of hydrogen-bond donors (Lipinski definition) is 1. The average molecular weight is 229 g/mol. The molecule has 2 heterocycles. The van der Waals surface area contributed by atoms with Crippen molar-refractivity contribution in [2.24, 2.45) is 0 Å². The summed E-state index contributed by atoms with van der Waals surface area (Å²) in [5, 5.41) is 11.5. The highest BCUT2D eigenvalue weighted by Gasteiger charge is 1.97. The van der Waals surface area contributed by atoms with Crippen LogP contribution in [0.2, 0.25) is 0 Å². The molecule has 2 aromatic heterocycles. The number of aromatic nitrogens is 3. The summed E-state index contributed by atoms with van der Waals surface area (Å²) in [6, 6.07) is 5.72. The number of hydrogen-bond acceptors (Lipinski definition) is 4. The Kier molecular flexibility index (Phi) is 3.79. The van der Waals surface area contributed by atoms with Crippen LogP contribution in [-0.2, 0) is 6.54 Å². The van der Waals surface area contributed by atoms with Gasteiger partial charge in [0, 0.05) is 6.20 Å². The Hall–Kier alpha value is -1.20.